The van der Waals surface area contributed by atoms with E-state index in [4.69, 9.17) is 37.9 Å². The molecule has 23 heteroatoms. The Morgan fingerprint density at radius 3 is 0.830 bits per heavy atom. The topological polar surface area (TPSA) is 220 Å². The van der Waals surface area contributed by atoms with E-state index in [0.29, 0.717) is 88.2 Å². The van der Waals surface area contributed by atoms with Gasteiger partial charge in [0.1, 0.15) is 52.9 Å². The van der Waals surface area contributed by atoms with Crippen LogP contribution in [0.4, 0.5) is 0 Å². The molecule has 0 fully saturated rings. The van der Waals surface area contributed by atoms with Gasteiger partial charge in [-0.25, -0.2) is 0 Å². The van der Waals surface area contributed by atoms with Gasteiger partial charge in [0.15, 0.2) is 0 Å². The lowest BCUT2D eigenvalue weighted by atomic mass is 10.2. The van der Waals surface area contributed by atoms with Crippen LogP contribution in [-0.4, -0.2) is 221 Å². The summed E-state index contributed by atoms with van der Waals surface area (Å²) in [6, 6.07) is 0. The van der Waals surface area contributed by atoms with Crippen molar-refractivity contribution in [2.75, 3.05) is 159 Å². The van der Waals surface area contributed by atoms with Gasteiger partial charge >= 0.3 is 47.8 Å². The molecule has 4 unspecified atom stereocenters. The third kappa shape index (κ3) is 52.6. The summed E-state index contributed by atoms with van der Waals surface area (Å²) >= 11 is 6.81. The third-order valence-corrected chi connectivity index (χ3v) is 19.0. The summed E-state index contributed by atoms with van der Waals surface area (Å²) in [5.74, 6) is 1.58. The molecule has 0 N–H and O–H groups in total. The van der Waals surface area contributed by atoms with Gasteiger partial charge in [0.2, 0.25) is 0 Å². The molecule has 0 aliphatic heterocycles. The lowest BCUT2D eigenvalue weighted by Crippen LogP contribution is -2.34. The maximum Gasteiger partial charge on any atom is 0.309 e. The van der Waals surface area contributed by atoms with Crippen LogP contribution in [-0.2, 0) is 76.3 Å². The number of carbonyl (C=O) groups excluding carboxylic acids is 8. The van der Waals surface area contributed by atoms with Gasteiger partial charge in [-0.1, -0.05) is 126 Å². The van der Waals surface area contributed by atoms with E-state index < -0.39 is 23.9 Å². The molecule has 0 aromatic carbocycles. The molecule has 88 heavy (non-hydrogen) atoms. The highest BCUT2D eigenvalue weighted by molar-refractivity contribution is 7.99. The van der Waals surface area contributed by atoms with Crippen molar-refractivity contribution in [3.63, 3.8) is 0 Å². The summed E-state index contributed by atoms with van der Waals surface area (Å²) in [5.41, 5.74) is 0. The highest BCUT2D eigenvalue weighted by Gasteiger charge is 2.20. The second-order valence-electron chi connectivity index (χ2n) is 22.8. The molecule has 0 spiro atoms. The second-order valence-corrected chi connectivity index (χ2v) is 27.1. The largest absolute Gasteiger partial charge is 0.462 e. The minimum absolute atomic E-state index is 0.0295. The van der Waals surface area contributed by atoms with Gasteiger partial charge in [0.05, 0.1) is 49.4 Å². The number of esters is 8. The van der Waals surface area contributed by atoms with Gasteiger partial charge in [-0.05, 0) is 88.8 Å². The number of thioether (sulfide) groups is 4. The van der Waals surface area contributed by atoms with Crippen molar-refractivity contribution in [1.82, 2.24) is 14.7 Å². The van der Waals surface area contributed by atoms with Crippen LogP contribution in [0.5, 0.6) is 0 Å². The molecule has 0 aliphatic carbocycles. The van der Waals surface area contributed by atoms with Crippen LogP contribution in [0.2, 0.25) is 0 Å². The van der Waals surface area contributed by atoms with Crippen molar-refractivity contribution in [2.45, 2.75) is 183 Å². The average molecular weight is 1330 g/mol. The molecule has 0 radical (unpaired) electrons. The average Bonchev–Trinajstić information content (AvgIpc) is 3.58. The molecule has 0 rings (SSSR count). The van der Waals surface area contributed by atoms with Crippen molar-refractivity contribution in [3.05, 3.63) is 0 Å². The molecule has 0 bridgehead atoms. The molecular weight excluding hydrogens is 1210 g/mol. The summed E-state index contributed by atoms with van der Waals surface area (Å²) in [7, 11) is 2.00. The molecule has 0 saturated carbocycles. The van der Waals surface area contributed by atoms with E-state index in [1.807, 2.05) is 43.9 Å². The van der Waals surface area contributed by atoms with Gasteiger partial charge in [-0.3, -0.25) is 38.4 Å². The molecule has 0 saturated heterocycles. The van der Waals surface area contributed by atoms with E-state index in [-0.39, 0.29) is 126 Å². The fraction of sp³-hybridized carbons (Fsp3) is 0.877. The van der Waals surface area contributed by atoms with E-state index in [1.54, 1.807) is 54.0 Å². The zero-order valence-electron chi connectivity index (χ0n) is 55.9. The van der Waals surface area contributed by atoms with Crippen molar-refractivity contribution in [3.8, 4) is 0 Å². The SMILES string of the molecule is CCCCCCCSCC(C)C(=O)OCCOC(=O)CCN(CCCN(C)CCCN(CCC(=O)OCCOC(=O)C(C)CSCCCCCCC)CCC(=O)OCCOC(=O)C(C)CSCCCCCCC)CCC(=O)OCCOC(=O)C(C)CSC. The maximum atomic E-state index is 12.9. The highest BCUT2D eigenvalue weighted by Crippen LogP contribution is 2.17. The molecule has 514 valence electrons. The lowest BCUT2D eigenvalue weighted by molar-refractivity contribution is -0.154. The Hall–Kier alpha value is -2.96. The van der Waals surface area contributed by atoms with Crippen LogP contribution in [0, 0.1) is 23.7 Å². The van der Waals surface area contributed by atoms with Crippen molar-refractivity contribution < 1.29 is 76.3 Å². The van der Waals surface area contributed by atoms with E-state index in [9.17, 15) is 38.4 Å². The summed E-state index contributed by atoms with van der Waals surface area (Å²) in [6.45, 7) is 17.3. The van der Waals surface area contributed by atoms with Gasteiger partial charge < -0.3 is 52.6 Å². The molecule has 0 amide bonds. The third-order valence-electron chi connectivity index (χ3n) is 14.2. The molecule has 0 heterocycles. The number of hydrogen-bond acceptors (Lipinski definition) is 23. The lowest BCUT2D eigenvalue weighted by Gasteiger charge is -2.25. The molecule has 0 aromatic rings. The van der Waals surface area contributed by atoms with Gasteiger partial charge in [0.25, 0.3) is 0 Å². The molecular formula is C65H119N3O16S4. The Kier molecular flexibility index (Phi) is 58.3. The zero-order valence-corrected chi connectivity index (χ0v) is 59.2. The van der Waals surface area contributed by atoms with Gasteiger partial charge in [-0.2, -0.15) is 47.0 Å². The van der Waals surface area contributed by atoms with E-state index in [1.165, 1.54) is 77.0 Å². The quantitative estimate of drug-likeness (QED) is 0.0314. The summed E-state index contributed by atoms with van der Waals surface area (Å²) in [4.78, 5) is 108. The standard InChI is InChI=1S/C65H119N3O16S4/c1-10-13-16-19-22-47-86-51-55(5)63(74)82-44-40-78-59(70)28-36-67(35-27-58(69)77-39-43-81-62(73)54(4)50-85-9)33-25-31-66(8)32-26-34-68(37-29-60(71)79-41-45-83-64(75)56(6)52-87-48-23-20-17-14-11-2)38-30-61(72)80-42-46-84-65(76)57(7)53-88-49-24-21-18-15-12-3/h54-57H,10-53H2,1-9H3. The number of rotatable bonds is 62. The first-order valence-electron chi connectivity index (χ1n) is 33.1. The van der Waals surface area contributed by atoms with Crippen LogP contribution in [0.1, 0.15) is 183 Å². The first-order chi connectivity index (χ1) is 42.5. The van der Waals surface area contributed by atoms with Crippen LogP contribution >= 0.6 is 47.0 Å². The first kappa shape index (κ1) is 85.0. The first-order valence-corrected chi connectivity index (χ1v) is 38.0. The van der Waals surface area contributed by atoms with Gasteiger partial charge in [-0.15, -0.1) is 0 Å². The monoisotopic (exact) mass is 1330 g/mol. The molecule has 0 aliphatic rings. The summed E-state index contributed by atoms with van der Waals surface area (Å²) in [5, 5.41) is 0. The second kappa shape index (κ2) is 60.3. The van der Waals surface area contributed by atoms with E-state index >= 15 is 0 Å². The fourth-order valence-electron chi connectivity index (χ4n) is 8.68. The van der Waals surface area contributed by atoms with Crippen LogP contribution in [0.25, 0.3) is 0 Å². The molecule has 19 nitrogen and oxygen atoms in total. The summed E-state index contributed by atoms with van der Waals surface area (Å²) < 4.78 is 43.1. The Balaban J connectivity index is 5.41. The molecule has 0 aromatic heterocycles. The number of ether oxygens (including phenoxy) is 8. The Bertz CT molecular complexity index is 1750. The number of hydrogen-bond donors (Lipinski definition) is 0. The predicted molar refractivity (Wildman–Crippen MR) is 359 cm³/mol. The minimum atomic E-state index is -0.455. The van der Waals surface area contributed by atoms with Crippen molar-refractivity contribution >= 4 is 94.8 Å². The van der Waals surface area contributed by atoms with Gasteiger partial charge in [0, 0.05) is 49.2 Å². The molecule has 4 atom stereocenters. The zero-order chi connectivity index (χ0) is 65.3. The number of nitrogens with zero attached hydrogens (tertiary/aromatic N) is 3. The fourth-order valence-corrected chi connectivity index (χ4v) is 12.5. The van der Waals surface area contributed by atoms with E-state index in [0.717, 1.165) is 36.5 Å². The number of unbranched alkanes of at least 4 members (excludes halogenated alkanes) is 12. The number of carbonyl (C=O) groups is 8. The van der Waals surface area contributed by atoms with E-state index in [2.05, 4.69) is 25.7 Å². The maximum absolute atomic E-state index is 12.9. The summed E-state index contributed by atoms with van der Waals surface area (Å²) in [6.07, 6.45) is 21.6. The Morgan fingerprint density at radius 1 is 0.318 bits per heavy atom. The normalized spacial score (nSPS) is 12.8. The minimum Gasteiger partial charge on any atom is -0.462 e. The van der Waals surface area contributed by atoms with Crippen LogP contribution < -0.4 is 0 Å². The highest BCUT2D eigenvalue weighted by atomic mass is 32.2. The Morgan fingerprint density at radius 2 is 0.568 bits per heavy atom. The predicted octanol–water partition coefficient (Wildman–Crippen LogP) is 11.2. The van der Waals surface area contributed by atoms with Crippen LogP contribution in [0.3, 0.4) is 0 Å². The van der Waals surface area contributed by atoms with Crippen molar-refractivity contribution in [1.29, 1.82) is 0 Å². The Labute approximate surface area is 548 Å². The van der Waals surface area contributed by atoms with Crippen LogP contribution in [0.15, 0.2) is 0 Å². The smallest absolute Gasteiger partial charge is 0.309 e. The van der Waals surface area contributed by atoms with Crippen molar-refractivity contribution in [2.24, 2.45) is 23.7 Å².